The van der Waals surface area contributed by atoms with Crippen LogP contribution in [0.2, 0.25) is 0 Å². The van der Waals surface area contributed by atoms with Crippen LogP contribution in [0.25, 0.3) is 17.0 Å². The van der Waals surface area contributed by atoms with Gasteiger partial charge < -0.3 is 5.11 Å². The predicted molar refractivity (Wildman–Crippen MR) is 76.8 cm³/mol. The molecule has 0 amide bonds. The molecule has 0 radical (unpaired) electrons. The van der Waals surface area contributed by atoms with E-state index in [0.717, 1.165) is 22.3 Å². The lowest BCUT2D eigenvalue weighted by molar-refractivity contribution is 0.280. The van der Waals surface area contributed by atoms with Crippen molar-refractivity contribution in [3.8, 4) is 5.95 Å². The number of fused-ring (bicyclic) bond motifs is 1. The number of aryl methyl sites for hydroxylation is 3. The lowest BCUT2D eigenvalue weighted by atomic mass is 10.1. The normalized spacial score (nSPS) is 11.2. The van der Waals surface area contributed by atoms with Crippen LogP contribution in [0, 0.1) is 20.8 Å². The van der Waals surface area contributed by atoms with Gasteiger partial charge in [0.05, 0.1) is 17.6 Å². The molecule has 0 bridgehead atoms. The first-order chi connectivity index (χ1) is 9.60. The van der Waals surface area contributed by atoms with E-state index >= 15 is 0 Å². The van der Waals surface area contributed by atoms with E-state index in [4.69, 9.17) is 0 Å². The fourth-order valence-electron chi connectivity index (χ4n) is 2.17. The summed E-state index contributed by atoms with van der Waals surface area (Å²) in [6, 6.07) is 4.16. The fourth-order valence-corrected chi connectivity index (χ4v) is 2.17. The number of aromatic nitrogens is 4. The van der Waals surface area contributed by atoms with Crippen molar-refractivity contribution in [3.05, 3.63) is 47.0 Å². The van der Waals surface area contributed by atoms with E-state index in [2.05, 4.69) is 40.9 Å². The zero-order valence-corrected chi connectivity index (χ0v) is 11.8. The lowest BCUT2D eigenvalue weighted by Gasteiger charge is -2.07. The quantitative estimate of drug-likeness (QED) is 0.774. The molecule has 2 aromatic heterocycles. The van der Waals surface area contributed by atoms with Gasteiger partial charge in [-0.25, -0.2) is 15.0 Å². The van der Waals surface area contributed by atoms with E-state index < -0.39 is 0 Å². The number of imidazole rings is 1. The Labute approximate surface area is 117 Å². The molecule has 20 heavy (non-hydrogen) atoms. The van der Waals surface area contributed by atoms with Crippen LogP contribution in [0.3, 0.4) is 0 Å². The van der Waals surface area contributed by atoms with Gasteiger partial charge in [-0.3, -0.25) is 4.57 Å². The molecule has 0 spiro atoms. The van der Waals surface area contributed by atoms with Gasteiger partial charge in [-0.15, -0.1) is 0 Å². The minimum Gasteiger partial charge on any atom is -0.392 e. The number of hydrogen-bond donors (Lipinski definition) is 1. The summed E-state index contributed by atoms with van der Waals surface area (Å²) in [5, 5.41) is 9.18. The first kappa shape index (κ1) is 12.7. The molecule has 102 valence electrons. The number of rotatable bonds is 2. The number of aliphatic hydroxyl groups is 1. The van der Waals surface area contributed by atoms with Crippen molar-refractivity contribution in [2.75, 3.05) is 0 Å². The van der Waals surface area contributed by atoms with Crippen LogP contribution in [-0.2, 0) is 6.61 Å². The standard InChI is InChI=1S/C15H16N4O/c1-9-4-13-14(5-10(9)2)19(8-17-13)15-16-6-12(7-20)11(3)18-15/h4-6,8,20H,7H2,1-3H3. The van der Waals surface area contributed by atoms with Gasteiger partial charge in [-0.2, -0.15) is 0 Å². The number of hydrogen-bond acceptors (Lipinski definition) is 4. The maximum Gasteiger partial charge on any atom is 0.235 e. The molecule has 3 aromatic rings. The average molecular weight is 268 g/mol. The van der Waals surface area contributed by atoms with Crippen LogP contribution in [0.15, 0.2) is 24.7 Å². The van der Waals surface area contributed by atoms with Crippen LogP contribution in [0.4, 0.5) is 0 Å². The monoisotopic (exact) mass is 268 g/mol. The highest BCUT2D eigenvalue weighted by atomic mass is 16.3. The Morgan fingerprint density at radius 3 is 2.55 bits per heavy atom. The Bertz CT molecular complexity index is 792. The summed E-state index contributed by atoms with van der Waals surface area (Å²) in [5.41, 5.74) is 5.87. The van der Waals surface area contributed by atoms with Gasteiger partial charge in [0.15, 0.2) is 0 Å². The zero-order valence-electron chi connectivity index (χ0n) is 11.8. The second kappa shape index (κ2) is 4.68. The first-order valence-electron chi connectivity index (χ1n) is 6.48. The molecule has 0 aliphatic heterocycles. The molecular formula is C15H16N4O. The molecule has 0 aliphatic carbocycles. The lowest BCUT2D eigenvalue weighted by Crippen LogP contribution is -2.04. The minimum atomic E-state index is -0.0465. The van der Waals surface area contributed by atoms with Crippen LogP contribution in [0.5, 0.6) is 0 Å². The Morgan fingerprint density at radius 2 is 1.85 bits per heavy atom. The van der Waals surface area contributed by atoms with Crippen molar-refractivity contribution in [2.24, 2.45) is 0 Å². The molecule has 1 N–H and O–H groups in total. The Kier molecular flexibility index (Phi) is 2.99. The maximum atomic E-state index is 9.18. The third-order valence-electron chi connectivity index (χ3n) is 3.62. The molecule has 3 rings (SSSR count). The Morgan fingerprint density at radius 1 is 1.10 bits per heavy atom. The predicted octanol–water partition coefficient (Wildman–Crippen LogP) is 2.23. The van der Waals surface area contributed by atoms with E-state index in [9.17, 15) is 5.11 Å². The summed E-state index contributed by atoms with van der Waals surface area (Å²) < 4.78 is 1.87. The van der Waals surface area contributed by atoms with Gasteiger partial charge >= 0.3 is 0 Å². The van der Waals surface area contributed by atoms with Crippen LogP contribution in [-0.4, -0.2) is 24.6 Å². The Balaban J connectivity index is 2.19. The van der Waals surface area contributed by atoms with E-state index in [1.807, 2.05) is 11.5 Å². The summed E-state index contributed by atoms with van der Waals surface area (Å²) in [4.78, 5) is 13.2. The molecule has 1 aromatic carbocycles. The summed E-state index contributed by atoms with van der Waals surface area (Å²) in [6.07, 6.45) is 3.39. The molecule has 2 heterocycles. The van der Waals surface area contributed by atoms with Crippen molar-refractivity contribution in [1.29, 1.82) is 0 Å². The molecule has 0 atom stereocenters. The van der Waals surface area contributed by atoms with Crippen molar-refractivity contribution in [1.82, 2.24) is 19.5 Å². The smallest absolute Gasteiger partial charge is 0.235 e. The van der Waals surface area contributed by atoms with E-state index in [1.165, 1.54) is 11.1 Å². The largest absolute Gasteiger partial charge is 0.392 e. The zero-order chi connectivity index (χ0) is 14.3. The van der Waals surface area contributed by atoms with Crippen LogP contribution in [0.1, 0.15) is 22.4 Å². The third kappa shape index (κ3) is 1.96. The molecule has 0 saturated carbocycles. The van der Waals surface area contributed by atoms with Crippen LogP contribution >= 0.6 is 0 Å². The highest BCUT2D eigenvalue weighted by Gasteiger charge is 2.10. The fraction of sp³-hybridized carbons (Fsp3) is 0.267. The summed E-state index contributed by atoms with van der Waals surface area (Å²) in [5.74, 6) is 0.574. The number of aliphatic hydroxyl groups excluding tert-OH is 1. The molecule has 0 aliphatic rings. The number of benzene rings is 1. The average Bonchev–Trinajstić information content (AvgIpc) is 2.82. The van der Waals surface area contributed by atoms with Crippen LogP contribution < -0.4 is 0 Å². The number of nitrogens with zero attached hydrogens (tertiary/aromatic N) is 4. The topological polar surface area (TPSA) is 63.8 Å². The van der Waals surface area contributed by atoms with Crippen molar-refractivity contribution in [2.45, 2.75) is 27.4 Å². The van der Waals surface area contributed by atoms with Gasteiger partial charge in [-0.05, 0) is 44.0 Å². The first-order valence-corrected chi connectivity index (χ1v) is 6.48. The molecule has 0 saturated heterocycles. The van der Waals surface area contributed by atoms with E-state index in [0.29, 0.717) is 5.95 Å². The minimum absolute atomic E-state index is 0.0465. The van der Waals surface area contributed by atoms with Crippen molar-refractivity contribution in [3.63, 3.8) is 0 Å². The van der Waals surface area contributed by atoms with Gasteiger partial charge in [-0.1, -0.05) is 0 Å². The molecule has 0 fully saturated rings. The highest BCUT2D eigenvalue weighted by molar-refractivity contribution is 5.78. The second-order valence-corrected chi connectivity index (χ2v) is 4.98. The second-order valence-electron chi connectivity index (χ2n) is 4.98. The summed E-state index contributed by atoms with van der Waals surface area (Å²) >= 11 is 0. The van der Waals surface area contributed by atoms with Gasteiger partial charge in [0.25, 0.3) is 0 Å². The van der Waals surface area contributed by atoms with E-state index in [-0.39, 0.29) is 6.61 Å². The highest BCUT2D eigenvalue weighted by Crippen LogP contribution is 2.20. The molecule has 0 unspecified atom stereocenters. The third-order valence-corrected chi connectivity index (χ3v) is 3.62. The summed E-state index contributed by atoms with van der Waals surface area (Å²) in [7, 11) is 0. The van der Waals surface area contributed by atoms with Gasteiger partial charge in [0.1, 0.15) is 6.33 Å². The Hall–Kier alpha value is -2.27. The van der Waals surface area contributed by atoms with E-state index in [1.54, 1.807) is 12.5 Å². The molecular weight excluding hydrogens is 252 g/mol. The maximum absolute atomic E-state index is 9.18. The van der Waals surface area contributed by atoms with Gasteiger partial charge in [0, 0.05) is 17.5 Å². The molecule has 5 heteroatoms. The summed E-state index contributed by atoms with van der Waals surface area (Å²) in [6.45, 7) is 5.97. The van der Waals surface area contributed by atoms with Crippen molar-refractivity contribution >= 4 is 11.0 Å². The van der Waals surface area contributed by atoms with Gasteiger partial charge in [0.2, 0.25) is 5.95 Å². The SMILES string of the molecule is Cc1cc2ncn(-c3ncc(CO)c(C)n3)c2cc1C. The van der Waals surface area contributed by atoms with Crippen molar-refractivity contribution < 1.29 is 5.11 Å². The molecule has 5 nitrogen and oxygen atoms in total.